The van der Waals surface area contributed by atoms with Crippen molar-refractivity contribution in [3.05, 3.63) is 35.9 Å². The molecular weight excluding hydrogens is 354 g/mol. The van der Waals surface area contributed by atoms with Crippen LogP contribution in [0.1, 0.15) is 18.4 Å². The third-order valence-electron chi connectivity index (χ3n) is 5.28. The largest absolute Gasteiger partial charge is 0.383 e. The Morgan fingerprint density at radius 3 is 2.69 bits per heavy atom. The van der Waals surface area contributed by atoms with Gasteiger partial charge in [-0.2, -0.15) is 4.31 Å². The molecule has 7 nitrogen and oxygen atoms in total. The molecule has 0 aromatic heterocycles. The number of likely N-dealkylation sites (tertiary alicyclic amines) is 1. The Bertz CT molecular complexity index is 710. The minimum atomic E-state index is -3.29. The van der Waals surface area contributed by atoms with Gasteiger partial charge in [0.25, 0.3) is 0 Å². The Morgan fingerprint density at radius 1 is 1.23 bits per heavy atom. The van der Waals surface area contributed by atoms with E-state index < -0.39 is 10.0 Å². The Morgan fingerprint density at radius 2 is 1.96 bits per heavy atom. The number of rotatable bonds is 5. The van der Waals surface area contributed by atoms with Gasteiger partial charge in [0.15, 0.2) is 0 Å². The van der Waals surface area contributed by atoms with Crippen LogP contribution in [-0.4, -0.2) is 68.8 Å². The van der Waals surface area contributed by atoms with E-state index in [0.29, 0.717) is 52.2 Å². The zero-order valence-electron chi connectivity index (χ0n) is 15.1. The number of hydrogen-bond acceptors (Lipinski definition) is 4. The Labute approximate surface area is 155 Å². The maximum atomic E-state index is 12.7. The smallest absolute Gasteiger partial charge is 0.317 e. The Hall–Kier alpha value is -1.64. The number of fused-ring (bicyclic) bond motifs is 1. The van der Waals surface area contributed by atoms with Gasteiger partial charge in [-0.05, 0) is 24.3 Å². The van der Waals surface area contributed by atoms with Crippen LogP contribution in [0.4, 0.5) is 4.79 Å². The number of carbonyl (C=O) groups is 1. The van der Waals surface area contributed by atoms with E-state index in [1.807, 2.05) is 30.3 Å². The second-order valence-corrected chi connectivity index (χ2v) is 9.05. The molecule has 8 heteroatoms. The predicted octanol–water partition coefficient (Wildman–Crippen LogP) is 1.27. The second kappa shape index (κ2) is 8.37. The van der Waals surface area contributed by atoms with Crippen LogP contribution in [0, 0.1) is 5.92 Å². The number of benzene rings is 1. The van der Waals surface area contributed by atoms with Crippen LogP contribution in [0.15, 0.2) is 30.3 Å². The van der Waals surface area contributed by atoms with Crippen LogP contribution in [0.5, 0.6) is 0 Å². The fourth-order valence-corrected chi connectivity index (χ4v) is 6.02. The van der Waals surface area contributed by atoms with Crippen LogP contribution >= 0.6 is 0 Å². The molecule has 0 saturated carbocycles. The number of ether oxygens (including phenoxy) is 1. The summed E-state index contributed by atoms with van der Waals surface area (Å²) in [6.45, 7) is 2.90. The van der Waals surface area contributed by atoms with E-state index in [0.717, 1.165) is 5.56 Å². The predicted molar refractivity (Wildman–Crippen MR) is 99.1 cm³/mol. The lowest BCUT2D eigenvalue weighted by molar-refractivity contribution is 0.177. The summed E-state index contributed by atoms with van der Waals surface area (Å²) in [5, 5.41) is 2.55. The molecule has 2 atom stereocenters. The number of amides is 2. The highest BCUT2D eigenvalue weighted by atomic mass is 32.2. The van der Waals surface area contributed by atoms with Crippen LogP contribution < -0.4 is 5.32 Å². The van der Waals surface area contributed by atoms with Gasteiger partial charge in [-0.1, -0.05) is 30.3 Å². The zero-order chi connectivity index (χ0) is 18.6. The van der Waals surface area contributed by atoms with E-state index in [1.54, 1.807) is 16.3 Å². The summed E-state index contributed by atoms with van der Waals surface area (Å²) in [7, 11) is -1.72. The Kier molecular flexibility index (Phi) is 6.16. The molecule has 144 valence electrons. The monoisotopic (exact) mass is 381 g/mol. The number of urea groups is 1. The molecule has 0 aliphatic carbocycles. The molecule has 2 saturated heterocycles. The lowest BCUT2D eigenvalue weighted by Gasteiger charge is -2.22. The average Bonchev–Trinajstić information content (AvgIpc) is 2.79. The summed E-state index contributed by atoms with van der Waals surface area (Å²) in [4.78, 5) is 14.2. The molecule has 26 heavy (non-hydrogen) atoms. The average molecular weight is 381 g/mol. The molecule has 0 unspecified atom stereocenters. The third-order valence-corrected chi connectivity index (χ3v) is 7.72. The minimum absolute atomic E-state index is 0.0868. The van der Waals surface area contributed by atoms with Crippen LogP contribution in [0.2, 0.25) is 0 Å². The van der Waals surface area contributed by atoms with Crippen LogP contribution in [0.3, 0.4) is 0 Å². The molecule has 0 radical (unpaired) electrons. The first-order valence-electron chi connectivity index (χ1n) is 9.07. The van der Waals surface area contributed by atoms with E-state index in [-0.39, 0.29) is 17.2 Å². The number of nitrogens with one attached hydrogen (secondary N) is 1. The van der Waals surface area contributed by atoms with Gasteiger partial charge in [-0.15, -0.1) is 0 Å². The SMILES string of the molecule is COCCN1C[C@H]2CCN(C(=O)NCc3ccccc3)CC[C@H]2S1(=O)=O. The van der Waals surface area contributed by atoms with Gasteiger partial charge in [0.1, 0.15) is 0 Å². The van der Waals surface area contributed by atoms with Gasteiger partial charge >= 0.3 is 6.03 Å². The fraction of sp³-hybridized carbons (Fsp3) is 0.611. The Balaban J connectivity index is 1.56. The summed E-state index contributed by atoms with van der Waals surface area (Å²) in [6.07, 6.45) is 1.21. The van der Waals surface area contributed by atoms with Gasteiger partial charge in [0.05, 0.1) is 11.9 Å². The second-order valence-electron chi connectivity index (χ2n) is 6.90. The van der Waals surface area contributed by atoms with Gasteiger partial charge < -0.3 is 15.0 Å². The number of hydrogen-bond donors (Lipinski definition) is 1. The van der Waals surface area contributed by atoms with Crippen molar-refractivity contribution in [2.75, 3.05) is 39.9 Å². The number of carbonyl (C=O) groups excluding carboxylic acids is 1. The minimum Gasteiger partial charge on any atom is -0.383 e. The van der Waals surface area contributed by atoms with E-state index in [2.05, 4.69) is 5.32 Å². The molecular formula is C18H27N3O4S. The third kappa shape index (κ3) is 4.19. The maximum Gasteiger partial charge on any atom is 0.317 e. The van der Waals surface area contributed by atoms with Crippen molar-refractivity contribution >= 4 is 16.1 Å². The van der Waals surface area contributed by atoms with Gasteiger partial charge in [0.2, 0.25) is 10.0 Å². The lowest BCUT2D eigenvalue weighted by Crippen LogP contribution is -2.41. The first-order valence-corrected chi connectivity index (χ1v) is 10.6. The van der Waals surface area contributed by atoms with Crippen molar-refractivity contribution in [3.63, 3.8) is 0 Å². The molecule has 2 amide bonds. The molecule has 2 heterocycles. The molecule has 2 aliphatic rings. The molecule has 0 bridgehead atoms. The van der Waals surface area contributed by atoms with Gasteiger partial charge in [-0.25, -0.2) is 13.2 Å². The highest BCUT2D eigenvalue weighted by Gasteiger charge is 2.46. The van der Waals surface area contributed by atoms with E-state index in [9.17, 15) is 13.2 Å². The normalized spacial score (nSPS) is 25.5. The van der Waals surface area contributed by atoms with E-state index >= 15 is 0 Å². The van der Waals surface area contributed by atoms with E-state index in [1.165, 1.54) is 0 Å². The van der Waals surface area contributed by atoms with Crippen molar-refractivity contribution in [1.29, 1.82) is 0 Å². The molecule has 1 N–H and O–H groups in total. The topological polar surface area (TPSA) is 79.0 Å². The number of nitrogens with zero attached hydrogens (tertiary/aromatic N) is 2. The van der Waals surface area contributed by atoms with Crippen molar-refractivity contribution < 1.29 is 17.9 Å². The standard InChI is InChI=1S/C18H27N3O4S/c1-25-12-11-21-14-16-7-9-20(10-8-17(16)26(21,23)24)18(22)19-13-15-5-3-2-4-6-15/h2-6,16-17H,7-14H2,1H3,(H,19,22)/t16-,17-/m1/s1. The molecule has 1 aromatic carbocycles. The summed E-state index contributed by atoms with van der Waals surface area (Å²) < 4.78 is 32.0. The van der Waals surface area contributed by atoms with Gasteiger partial charge in [-0.3, -0.25) is 0 Å². The summed E-state index contributed by atoms with van der Waals surface area (Å²) in [5.74, 6) is 0.0868. The van der Waals surface area contributed by atoms with Crippen molar-refractivity contribution in [2.45, 2.75) is 24.6 Å². The lowest BCUT2D eigenvalue weighted by atomic mass is 10.0. The highest BCUT2D eigenvalue weighted by Crippen LogP contribution is 2.34. The summed E-state index contributed by atoms with van der Waals surface area (Å²) >= 11 is 0. The number of methoxy groups -OCH3 is 1. The first kappa shape index (κ1) is 19.1. The highest BCUT2D eigenvalue weighted by molar-refractivity contribution is 7.90. The fourth-order valence-electron chi connectivity index (χ4n) is 3.80. The first-order chi connectivity index (χ1) is 12.5. The molecule has 2 fully saturated rings. The van der Waals surface area contributed by atoms with Crippen molar-refractivity contribution in [1.82, 2.24) is 14.5 Å². The maximum absolute atomic E-state index is 12.7. The molecule has 3 rings (SSSR count). The van der Waals surface area contributed by atoms with Gasteiger partial charge in [0, 0.05) is 39.8 Å². The van der Waals surface area contributed by atoms with Crippen molar-refractivity contribution in [2.24, 2.45) is 5.92 Å². The summed E-state index contributed by atoms with van der Waals surface area (Å²) in [5.41, 5.74) is 1.05. The van der Waals surface area contributed by atoms with E-state index in [4.69, 9.17) is 4.74 Å². The summed E-state index contributed by atoms with van der Waals surface area (Å²) in [6, 6.07) is 9.63. The van der Waals surface area contributed by atoms with Crippen molar-refractivity contribution in [3.8, 4) is 0 Å². The zero-order valence-corrected chi connectivity index (χ0v) is 16.0. The molecule has 2 aliphatic heterocycles. The van der Waals surface area contributed by atoms with Crippen LogP contribution in [0.25, 0.3) is 0 Å². The molecule has 1 aromatic rings. The quantitative estimate of drug-likeness (QED) is 0.833. The molecule has 0 spiro atoms. The number of sulfonamides is 1. The van der Waals surface area contributed by atoms with Crippen LogP contribution in [-0.2, 0) is 21.3 Å².